The number of nitrogens with one attached hydrogen (secondary N) is 2. The van der Waals surface area contributed by atoms with Crippen molar-refractivity contribution in [2.45, 2.75) is 5.92 Å². The molecule has 4 rings (SSSR count). The van der Waals surface area contributed by atoms with Crippen LogP contribution in [-0.4, -0.2) is 30.5 Å². The molecular weight excluding hydrogens is 502 g/mol. The monoisotopic (exact) mass is 525 g/mol. The first kappa shape index (κ1) is 26.3. The van der Waals surface area contributed by atoms with Gasteiger partial charge >= 0.3 is 5.97 Å². The van der Waals surface area contributed by atoms with Crippen LogP contribution in [-0.2, 0) is 9.59 Å². The summed E-state index contributed by atoms with van der Waals surface area (Å²) < 4.78 is 5.34. The van der Waals surface area contributed by atoms with Crippen LogP contribution in [0.2, 0.25) is 5.02 Å². The predicted octanol–water partition coefficient (Wildman–Crippen LogP) is 4.96. The molecular formula is C30H24ClN3O4. The fourth-order valence-corrected chi connectivity index (χ4v) is 3.90. The van der Waals surface area contributed by atoms with Crippen LogP contribution in [0.4, 0.5) is 0 Å². The Kier molecular flexibility index (Phi) is 8.99. The molecule has 8 heteroatoms. The molecule has 0 unspecified atom stereocenters. The Morgan fingerprint density at radius 2 is 1.37 bits per heavy atom. The lowest BCUT2D eigenvalue weighted by molar-refractivity contribution is -0.126. The summed E-state index contributed by atoms with van der Waals surface area (Å²) in [6, 6.07) is 32.0. The smallest absolute Gasteiger partial charge is 0.345 e. The Balaban J connectivity index is 1.28. The van der Waals surface area contributed by atoms with Gasteiger partial charge in [0.1, 0.15) is 5.75 Å². The lowest BCUT2D eigenvalue weighted by Crippen LogP contribution is -2.37. The Bertz CT molecular complexity index is 1390. The molecule has 2 amide bonds. The van der Waals surface area contributed by atoms with E-state index in [2.05, 4.69) is 15.8 Å². The number of amides is 2. The number of nitrogens with zero attached hydrogens (tertiary/aromatic N) is 1. The van der Waals surface area contributed by atoms with Gasteiger partial charge in [0.2, 0.25) is 5.91 Å². The van der Waals surface area contributed by atoms with Crippen molar-refractivity contribution in [3.8, 4) is 5.75 Å². The fourth-order valence-electron chi connectivity index (χ4n) is 3.68. The van der Waals surface area contributed by atoms with E-state index in [1.165, 1.54) is 6.21 Å². The molecule has 2 N–H and O–H groups in total. The number of hydrogen-bond donors (Lipinski definition) is 2. The predicted molar refractivity (Wildman–Crippen MR) is 146 cm³/mol. The molecule has 0 radical (unpaired) electrons. The topological polar surface area (TPSA) is 96.9 Å². The zero-order chi connectivity index (χ0) is 26.7. The van der Waals surface area contributed by atoms with Gasteiger partial charge in [-0.2, -0.15) is 5.10 Å². The molecule has 190 valence electrons. The maximum absolute atomic E-state index is 13.0. The maximum Gasteiger partial charge on any atom is 0.345 e. The lowest BCUT2D eigenvalue weighted by Gasteiger charge is -2.17. The average Bonchev–Trinajstić information content (AvgIpc) is 2.94. The van der Waals surface area contributed by atoms with E-state index < -0.39 is 17.8 Å². The molecule has 0 bridgehead atoms. The largest absolute Gasteiger partial charge is 0.423 e. The average molecular weight is 526 g/mol. The summed E-state index contributed by atoms with van der Waals surface area (Å²) in [6.45, 7) is -0.233. The minimum atomic E-state index is -0.562. The third-order valence-corrected chi connectivity index (χ3v) is 5.87. The second kappa shape index (κ2) is 13.0. The van der Waals surface area contributed by atoms with E-state index in [-0.39, 0.29) is 18.0 Å². The molecule has 4 aromatic rings. The Morgan fingerprint density at radius 3 is 1.97 bits per heavy atom. The lowest BCUT2D eigenvalue weighted by atomic mass is 9.90. The number of benzene rings is 4. The van der Waals surface area contributed by atoms with Gasteiger partial charge in [-0.05, 0) is 53.1 Å². The summed E-state index contributed by atoms with van der Waals surface area (Å²) >= 11 is 6.03. The second-order valence-electron chi connectivity index (χ2n) is 8.20. The number of carbonyl (C=O) groups excluding carboxylic acids is 3. The van der Waals surface area contributed by atoms with Crippen LogP contribution in [0, 0.1) is 0 Å². The van der Waals surface area contributed by atoms with Gasteiger partial charge in [0.05, 0.1) is 29.3 Å². The van der Waals surface area contributed by atoms with E-state index in [1.807, 2.05) is 60.7 Å². The van der Waals surface area contributed by atoms with Gasteiger partial charge in [0.25, 0.3) is 5.91 Å². The van der Waals surface area contributed by atoms with Crippen molar-refractivity contribution in [1.29, 1.82) is 0 Å². The summed E-state index contributed by atoms with van der Waals surface area (Å²) in [7, 11) is 0. The first-order valence-corrected chi connectivity index (χ1v) is 12.2. The number of esters is 1. The van der Waals surface area contributed by atoms with Crippen molar-refractivity contribution in [3.05, 3.63) is 136 Å². The number of hydrazone groups is 1. The molecule has 0 saturated heterocycles. The number of rotatable bonds is 9. The number of carbonyl (C=O) groups is 3. The highest BCUT2D eigenvalue weighted by Gasteiger charge is 2.22. The molecule has 7 nitrogen and oxygen atoms in total. The van der Waals surface area contributed by atoms with Crippen molar-refractivity contribution in [3.63, 3.8) is 0 Å². The summed E-state index contributed by atoms with van der Waals surface area (Å²) in [6.07, 6.45) is 1.44. The van der Waals surface area contributed by atoms with Crippen LogP contribution in [0.5, 0.6) is 5.75 Å². The van der Waals surface area contributed by atoms with E-state index in [4.69, 9.17) is 16.3 Å². The van der Waals surface area contributed by atoms with Crippen molar-refractivity contribution in [2.24, 2.45) is 5.10 Å². The van der Waals surface area contributed by atoms with Gasteiger partial charge in [-0.1, -0.05) is 84.4 Å². The molecule has 0 aliphatic heterocycles. The Labute approximate surface area is 225 Å². The molecule has 0 heterocycles. The highest BCUT2D eigenvalue weighted by molar-refractivity contribution is 6.33. The van der Waals surface area contributed by atoms with Crippen molar-refractivity contribution in [2.75, 3.05) is 6.54 Å². The first-order valence-electron chi connectivity index (χ1n) is 11.8. The Hall–Kier alpha value is -4.75. The summed E-state index contributed by atoms with van der Waals surface area (Å²) in [5.74, 6) is -1.53. The van der Waals surface area contributed by atoms with Gasteiger partial charge in [-0.25, -0.2) is 10.2 Å². The zero-order valence-corrected chi connectivity index (χ0v) is 21.0. The SMILES string of the molecule is O=C(CNC(=O)C(c1ccccc1)c1ccccc1)N/N=C/c1ccc(OC(=O)c2ccccc2Cl)cc1. The highest BCUT2D eigenvalue weighted by Crippen LogP contribution is 2.24. The van der Waals surface area contributed by atoms with Crippen LogP contribution in [0.1, 0.15) is 33.0 Å². The molecule has 4 aromatic carbocycles. The van der Waals surface area contributed by atoms with Gasteiger partial charge in [0.15, 0.2) is 0 Å². The van der Waals surface area contributed by atoms with Crippen LogP contribution >= 0.6 is 11.6 Å². The van der Waals surface area contributed by atoms with E-state index in [0.29, 0.717) is 16.3 Å². The third-order valence-electron chi connectivity index (χ3n) is 5.54. The minimum absolute atomic E-state index is 0.233. The van der Waals surface area contributed by atoms with E-state index in [9.17, 15) is 14.4 Å². The van der Waals surface area contributed by atoms with E-state index in [0.717, 1.165) is 11.1 Å². The quantitative estimate of drug-likeness (QED) is 0.140. The summed E-state index contributed by atoms with van der Waals surface area (Å²) in [4.78, 5) is 37.5. The summed E-state index contributed by atoms with van der Waals surface area (Å²) in [5.41, 5.74) is 4.99. The number of ether oxygens (including phenoxy) is 1. The van der Waals surface area contributed by atoms with E-state index in [1.54, 1.807) is 48.5 Å². The molecule has 0 atom stereocenters. The van der Waals surface area contributed by atoms with Gasteiger partial charge in [-0.3, -0.25) is 9.59 Å². The molecule has 0 aliphatic carbocycles. The maximum atomic E-state index is 13.0. The van der Waals surface area contributed by atoms with Crippen LogP contribution in [0.25, 0.3) is 0 Å². The van der Waals surface area contributed by atoms with Gasteiger partial charge in [-0.15, -0.1) is 0 Å². The van der Waals surface area contributed by atoms with E-state index >= 15 is 0 Å². The number of hydrogen-bond acceptors (Lipinski definition) is 5. The Morgan fingerprint density at radius 1 is 0.789 bits per heavy atom. The fraction of sp³-hybridized carbons (Fsp3) is 0.0667. The van der Waals surface area contributed by atoms with Crippen LogP contribution in [0.3, 0.4) is 0 Å². The molecule has 0 aromatic heterocycles. The van der Waals surface area contributed by atoms with Gasteiger partial charge in [0, 0.05) is 0 Å². The van der Waals surface area contributed by atoms with Crippen LogP contribution in [0.15, 0.2) is 114 Å². The summed E-state index contributed by atoms with van der Waals surface area (Å²) in [5, 5.41) is 6.93. The molecule has 38 heavy (non-hydrogen) atoms. The minimum Gasteiger partial charge on any atom is -0.423 e. The molecule has 0 saturated carbocycles. The molecule has 0 spiro atoms. The van der Waals surface area contributed by atoms with Crippen LogP contribution < -0.4 is 15.5 Å². The third kappa shape index (κ3) is 7.15. The van der Waals surface area contributed by atoms with Crippen molar-refractivity contribution < 1.29 is 19.1 Å². The van der Waals surface area contributed by atoms with Crippen molar-refractivity contribution >= 4 is 35.6 Å². The number of halogens is 1. The second-order valence-corrected chi connectivity index (χ2v) is 8.61. The van der Waals surface area contributed by atoms with Crippen molar-refractivity contribution in [1.82, 2.24) is 10.7 Å². The molecule has 0 aliphatic rings. The first-order chi connectivity index (χ1) is 18.5. The zero-order valence-electron chi connectivity index (χ0n) is 20.2. The molecule has 0 fully saturated rings. The standard InChI is InChI=1S/C30H24ClN3O4/c31-26-14-8-7-13-25(26)30(37)38-24-17-15-21(16-18-24)19-33-34-27(35)20-32-29(36)28(22-9-3-1-4-10-22)23-11-5-2-6-12-23/h1-19,28H,20H2,(H,32,36)(H,34,35)/b33-19+. The highest BCUT2D eigenvalue weighted by atomic mass is 35.5. The van der Waals surface area contributed by atoms with Gasteiger partial charge < -0.3 is 10.1 Å². The normalized spacial score (nSPS) is 10.8.